The molecule has 1 atom stereocenters. The standard InChI is InChI=1S/C28H31ClFN3O4S/c1-4-16-31-28(35)21(3)32(18-22-10-13-24(30)14-11-22)27(34)19-33(26-15-12-23(29)17-20(26)2)38(36,37)25-8-6-5-7-9-25/h5-15,17,21H,4,16,18-19H2,1-3H3,(H,31,35)/t21-/m1/s1. The van der Waals surface area contributed by atoms with Crippen molar-refractivity contribution in [1.29, 1.82) is 0 Å². The van der Waals surface area contributed by atoms with E-state index >= 15 is 0 Å². The minimum atomic E-state index is -4.16. The Hall–Kier alpha value is -3.43. The smallest absolute Gasteiger partial charge is 0.264 e. The van der Waals surface area contributed by atoms with Gasteiger partial charge in [-0.2, -0.15) is 0 Å². The molecular weight excluding hydrogens is 529 g/mol. The molecule has 0 aliphatic heterocycles. The zero-order chi connectivity index (χ0) is 27.9. The number of carbonyl (C=O) groups excluding carboxylic acids is 2. The van der Waals surface area contributed by atoms with Gasteiger partial charge in [-0.25, -0.2) is 12.8 Å². The highest BCUT2D eigenvalue weighted by Crippen LogP contribution is 2.29. The fourth-order valence-electron chi connectivity index (χ4n) is 3.90. The second-order valence-corrected chi connectivity index (χ2v) is 11.2. The Morgan fingerprint density at radius 1 is 1.03 bits per heavy atom. The molecule has 1 N–H and O–H groups in total. The Morgan fingerprint density at radius 2 is 1.68 bits per heavy atom. The highest BCUT2D eigenvalue weighted by atomic mass is 35.5. The van der Waals surface area contributed by atoms with Gasteiger partial charge >= 0.3 is 0 Å². The second kappa shape index (κ2) is 12.9. The monoisotopic (exact) mass is 559 g/mol. The van der Waals surface area contributed by atoms with Gasteiger partial charge in [0.2, 0.25) is 11.8 Å². The van der Waals surface area contributed by atoms with Crippen LogP contribution in [0.15, 0.2) is 77.7 Å². The average molecular weight is 560 g/mol. The summed E-state index contributed by atoms with van der Waals surface area (Å²) in [5, 5.41) is 3.20. The van der Waals surface area contributed by atoms with Crippen LogP contribution in [0.2, 0.25) is 5.02 Å². The molecule has 0 bridgehead atoms. The summed E-state index contributed by atoms with van der Waals surface area (Å²) in [5.74, 6) is -1.40. The number of aryl methyl sites for hydroxylation is 1. The van der Waals surface area contributed by atoms with Crippen molar-refractivity contribution in [3.8, 4) is 0 Å². The van der Waals surface area contributed by atoms with Gasteiger partial charge in [0.1, 0.15) is 18.4 Å². The van der Waals surface area contributed by atoms with Crippen molar-refractivity contribution >= 4 is 39.1 Å². The molecule has 202 valence electrons. The van der Waals surface area contributed by atoms with E-state index in [-0.39, 0.29) is 23.0 Å². The topological polar surface area (TPSA) is 86.8 Å². The number of halogens is 2. The largest absolute Gasteiger partial charge is 0.354 e. The van der Waals surface area contributed by atoms with E-state index in [0.29, 0.717) is 29.1 Å². The zero-order valence-electron chi connectivity index (χ0n) is 21.5. The number of nitrogens with one attached hydrogen (secondary N) is 1. The van der Waals surface area contributed by atoms with E-state index in [1.807, 2.05) is 6.92 Å². The van der Waals surface area contributed by atoms with E-state index in [1.165, 1.54) is 41.3 Å². The maximum absolute atomic E-state index is 13.8. The molecule has 0 saturated carbocycles. The summed E-state index contributed by atoms with van der Waals surface area (Å²) in [4.78, 5) is 28.0. The second-order valence-electron chi connectivity index (χ2n) is 8.87. The van der Waals surface area contributed by atoms with Crippen LogP contribution in [0.1, 0.15) is 31.4 Å². The lowest BCUT2D eigenvalue weighted by Gasteiger charge is -2.32. The van der Waals surface area contributed by atoms with Crippen LogP contribution in [0, 0.1) is 12.7 Å². The molecule has 0 aliphatic carbocycles. The number of benzene rings is 3. The first-order chi connectivity index (χ1) is 18.0. The lowest BCUT2D eigenvalue weighted by atomic mass is 10.1. The third-order valence-electron chi connectivity index (χ3n) is 6.02. The Bertz CT molecular complexity index is 1370. The summed E-state index contributed by atoms with van der Waals surface area (Å²) >= 11 is 6.11. The van der Waals surface area contributed by atoms with E-state index in [0.717, 1.165) is 4.31 Å². The van der Waals surface area contributed by atoms with E-state index in [2.05, 4.69) is 5.32 Å². The summed E-state index contributed by atoms with van der Waals surface area (Å²) < 4.78 is 42.1. The van der Waals surface area contributed by atoms with Crippen LogP contribution in [-0.4, -0.2) is 44.3 Å². The SMILES string of the molecule is CCCNC(=O)[C@@H](C)N(Cc1ccc(F)cc1)C(=O)CN(c1ccc(Cl)cc1C)S(=O)(=O)c1ccccc1. The summed E-state index contributed by atoms with van der Waals surface area (Å²) in [6, 6.07) is 17.2. The fourth-order valence-corrected chi connectivity index (χ4v) is 5.62. The number of sulfonamides is 1. The molecule has 10 heteroatoms. The van der Waals surface area contributed by atoms with Crippen molar-refractivity contribution in [2.24, 2.45) is 0 Å². The number of rotatable bonds is 11. The minimum absolute atomic E-state index is 0.0148. The van der Waals surface area contributed by atoms with Crippen molar-refractivity contribution in [2.75, 3.05) is 17.4 Å². The Labute approximate surface area is 228 Å². The molecule has 3 aromatic carbocycles. The molecule has 0 heterocycles. The molecule has 3 aromatic rings. The van der Waals surface area contributed by atoms with E-state index in [1.54, 1.807) is 50.2 Å². The molecule has 0 aliphatic rings. The van der Waals surface area contributed by atoms with Gasteiger partial charge in [-0.1, -0.05) is 48.9 Å². The number of hydrogen-bond acceptors (Lipinski definition) is 4. The van der Waals surface area contributed by atoms with Gasteiger partial charge in [0.25, 0.3) is 10.0 Å². The first-order valence-corrected chi connectivity index (χ1v) is 14.0. The van der Waals surface area contributed by atoms with E-state index in [9.17, 15) is 22.4 Å². The predicted octanol–water partition coefficient (Wildman–Crippen LogP) is 4.93. The highest BCUT2D eigenvalue weighted by molar-refractivity contribution is 7.92. The van der Waals surface area contributed by atoms with Crippen molar-refractivity contribution < 1.29 is 22.4 Å². The van der Waals surface area contributed by atoms with Crippen LogP contribution >= 0.6 is 11.6 Å². The Kier molecular flexibility index (Phi) is 9.88. The minimum Gasteiger partial charge on any atom is -0.354 e. The first kappa shape index (κ1) is 29.1. The van der Waals surface area contributed by atoms with Crippen LogP contribution in [0.3, 0.4) is 0 Å². The van der Waals surface area contributed by atoms with Crippen molar-refractivity contribution in [3.63, 3.8) is 0 Å². The van der Waals surface area contributed by atoms with Gasteiger partial charge in [0.15, 0.2) is 0 Å². The predicted molar refractivity (Wildman–Crippen MR) is 147 cm³/mol. The average Bonchev–Trinajstić information content (AvgIpc) is 2.90. The molecule has 0 radical (unpaired) electrons. The van der Waals surface area contributed by atoms with Gasteiger partial charge in [0.05, 0.1) is 10.6 Å². The third kappa shape index (κ3) is 7.11. The Morgan fingerprint density at radius 3 is 2.29 bits per heavy atom. The van der Waals surface area contributed by atoms with Crippen LogP contribution in [0.5, 0.6) is 0 Å². The number of anilines is 1. The molecule has 0 fully saturated rings. The molecule has 0 saturated heterocycles. The maximum Gasteiger partial charge on any atom is 0.264 e. The molecule has 2 amide bonds. The summed E-state index contributed by atoms with van der Waals surface area (Å²) in [6.07, 6.45) is 0.712. The third-order valence-corrected chi connectivity index (χ3v) is 8.03. The highest BCUT2D eigenvalue weighted by Gasteiger charge is 2.33. The van der Waals surface area contributed by atoms with Crippen molar-refractivity contribution in [2.45, 2.75) is 44.7 Å². The molecule has 38 heavy (non-hydrogen) atoms. The number of amides is 2. The van der Waals surface area contributed by atoms with Crippen LogP contribution in [-0.2, 0) is 26.2 Å². The van der Waals surface area contributed by atoms with E-state index in [4.69, 9.17) is 11.6 Å². The quantitative estimate of drug-likeness (QED) is 0.361. The van der Waals surface area contributed by atoms with Crippen LogP contribution in [0.25, 0.3) is 0 Å². The summed E-state index contributed by atoms with van der Waals surface area (Å²) in [5.41, 5.74) is 1.44. The Balaban J connectivity index is 2.03. The normalized spacial score (nSPS) is 12.0. The van der Waals surface area contributed by atoms with Crippen molar-refractivity contribution in [1.82, 2.24) is 10.2 Å². The number of nitrogens with zero attached hydrogens (tertiary/aromatic N) is 2. The maximum atomic E-state index is 13.8. The molecule has 3 rings (SSSR count). The van der Waals surface area contributed by atoms with Crippen molar-refractivity contribution in [3.05, 3.63) is 94.8 Å². The van der Waals surface area contributed by atoms with Gasteiger partial charge < -0.3 is 10.2 Å². The summed E-state index contributed by atoms with van der Waals surface area (Å²) in [6.45, 7) is 5.05. The molecule has 0 unspecified atom stereocenters. The van der Waals surface area contributed by atoms with Crippen LogP contribution < -0.4 is 9.62 Å². The van der Waals surface area contributed by atoms with Crippen LogP contribution in [0.4, 0.5) is 10.1 Å². The summed E-state index contributed by atoms with van der Waals surface area (Å²) in [7, 11) is -4.16. The first-order valence-electron chi connectivity index (χ1n) is 12.2. The lowest BCUT2D eigenvalue weighted by molar-refractivity contribution is -0.139. The number of hydrogen-bond donors (Lipinski definition) is 1. The van der Waals surface area contributed by atoms with Gasteiger partial charge in [-0.15, -0.1) is 0 Å². The molecule has 0 aromatic heterocycles. The lowest BCUT2D eigenvalue weighted by Crippen LogP contribution is -2.51. The van der Waals surface area contributed by atoms with E-state index < -0.39 is 34.3 Å². The van der Waals surface area contributed by atoms with Gasteiger partial charge in [-0.3, -0.25) is 13.9 Å². The number of carbonyl (C=O) groups is 2. The molecule has 7 nitrogen and oxygen atoms in total. The fraction of sp³-hybridized carbons (Fsp3) is 0.286. The molecular formula is C28H31ClFN3O4S. The molecule has 0 spiro atoms. The van der Waals surface area contributed by atoms with Gasteiger partial charge in [0, 0.05) is 18.1 Å². The van der Waals surface area contributed by atoms with Gasteiger partial charge in [-0.05, 0) is 73.9 Å². The zero-order valence-corrected chi connectivity index (χ0v) is 23.1.